The summed E-state index contributed by atoms with van der Waals surface area (Å²) < 4.78 is 62.7. The number of halogens is 4. The summed E-state index contributed by atoms with van der Waals surface area (Å²) in [5, 5.41) is 0. The molecule has 3 aliphatic rings. The number of benzene rings is 2. The van der Waals surface area contributed by atoms with Crippen molar-refractivity contribution in [3.8, 4) is 5.75 Å². The Morgan fingerprint density at radius 1 is 0.700 bits per heavy atom. The van der Waals surface area contributed by atoms with E-state index in [1.54, 1.807) is 38.1 Å². The molecule has 2 aromatic carbocycles. The smallest absolute Gasteiger partial charge is 0.201 e. The summed E-state index contributed by atoms with van der Waals surface area (Å²) in [5.41, 5.74) is 2.26. The average molecular weight is 557 g/mol. The van der Waals surface area contributed by atoms with Crippen LogP contribution in [0.3, 0.4) is 0 Å². The van der Waals surface area contributed by atoms with Gasteiger partial charge in [0.15, 0.2) is 23.2 Å². The van der Waals surface area contributed by atoms with Crippen LogP contribution in [0.5, 0.6) is 5.75 Å². The van der Waals surface area contributed by atoms with Gasteiger partial charge in [0, 0.05) is 5.56 Å². The Balaban J connectivity index is 1.04. The molecule has 2 saturated carbocycles. The van der Waals surface area contributed by atoms with Gasteiger partial charge in [-0.3, -0.25) is 0 Å². The van der Waals surface area contributed by atoms with Gasteiger partial charge >= 0.3 is 0 Å². The van der Waals surface area contributed by atoms with E-state index in [0.717, 1.165) is 62.4 Å². The molecule has 1 nitrogen and oxygen atoms in total. The third kappa shape index (κ3) is 6.44. The summed E-state index contributed by atoms with van der Waals surface area (Å²) in [5.74, 6) is 0.0202. The molecule has 1 unspecified atom stereocenters. The summed E-state index contributed by atoms with van der Waals surface area (Å²) in [6.07, 6.45) is 16.8. The van der Waals surface area contributed by atoms with E-state index in [1.807, 2.05) is 0 Å². The van der Waals surface area contributed by atoms with Gasteiger partial charge in [0.2, 0.25) is 5.82 Å². The first-order valence-electron chi connectivity index (χ1n) is 15.6. The van der Waals surface area contributed by atoms with Gasteiger partial charge in [0.05, 0.1) is 6.61 Å². The summed E-state index contributed by atoms with van der Waals surface area (Å²) in [6, 6.07) is 6.70. The molecule has 0 radical (unpaired) electrons. The maximum absolute atomic E-state index is 14.7. The normalized spacial score (nSPS) is 27.4. The largest absolute Gasteiger partial charge is 0.491 e. The van der Waals surface area contributed by atoms with Crippen LogP contribution in [0.25, 0.3) is 5.57 Å². The van der Waals surface area contributed by atoms with Crippen LogP contribution < -0.4 is 4.74 Å². The average Bonchev–Trinajstić information content (AvgIpc) is 2.98. The minimum absolute atomic E-state index is 0.0169. The van der Waals surface area contributed by atoms with E-state index in [1.165, 1.54) is 38.5 Å². The molecule has 5 rings (SSSR count). The van der Waals surface area contributed by atoms with Crippen LogP contribution in [0, 0.1) is 53.9 Å². The van der Waals surface area contributed by atoms with Gasteiger partial charge in [0.25, 0.3) is 0 Å². The fourth-order valence-corrected chi connectivity index (χ4v) is 7.73. The molecule has 0 saturated heterocycles. The van der Waals surface area contributed by atoms with Gasteiger partial charge in [0.1, 0.15) is 0 Å². The van der Waals surface area contributed by atoms with E-state index in [2.05, 4.69) is 6.08 Å². The molecule has 0 heterocycles. The third-order valence-electron chi connectivity index (χ3n) is 10.3. The molecular weight excluding hydrogens is 512 g/mol. The second-order valence-electron chi connectivity index (χ2n) is 12.6. The highest BCUT2D eigenvalue weighted by Crippen LogP contribution is 2.44. The summed E-state index contributed by atoms with van der Waals surface area (Å²) in [7, 11) is 0. The van der Waals surface area contributed by atoms with Crippen molar-refractivity contribution in [3.05, 3.63) is 70.3 Å². The fraction of sp³-hybridized carbons (Fsp3) is 0.600. The molecule has 0 N–H and O–H groups in total. The lowest BCUT2D eigenvalue weighted by Gasteiger charge is -2.36. The highest BCUT2D eigenvalue weighted by atomic mass is 19.2. The molecule has 0 amide bonds. The molecule has 0 bridgehead atoms. The number of hydrogen-bond acceptors (Lipinski definition) is 1. The van der Waals surface area contributed by atoms with Gasteiger partial charge in [-0.15, -0.1) is 0 Å². The second kappa shape index (κ2) is 13.1. The van der Waals surface area contributed by atoms with Crippen LogP contribution in [-0.2, 0) is 0 Å². The van der Waals surface area contributed by atoms with Crippen LogP contribution in [0.4, 0.5) is 17.6 Å². The Kier molecular flexibility index (Phi) is 9.58. The van der Waals surface area contributed by atoms with Crippen LogP contribution >= 0.6 is 0 Å². The minimum atomic E-state index is -0.885. The predicted octanol–water partition coefficient (Wildman–Crippen LogP) is 10.7. The molecule has 0 aliphatic heterocycles. The van der Waals surface area contributed by atoms with Crippen molar-refractivity contribution in [2.24, 2.45) is 23.7 Å². The van der Waals surface area contributed by atoms with E-state index in [0.29, 0.717) is 35.1 Å². The van der Waals surface area contributed by atoms with Crippen molar-refractivity contribution in [1.82, 2.24) is 0 Å². The summed E-state index contributed by atoms with van der Waals surface area (Å²) in [4.78, 5) is 0. The lowest BCUT2D eigenvalue weighted by molar-refractivity contribution is 0.179. The van der Waals surface area contributed by atoms with Gasteiger partial charge in [-0.2, -0.15) is 4.39 Å². The highest BCUT2D eigenvalue weighted by molar-refractivity contribution is 5.67. The zero-order chi connectivity index (χ0) is 28.2. The quantitative estimate of drug-likeness (QED) is 0.294. The molecular formula is C35H44F4O. The predicted molar refractivity (Wildman–Crippen MR) is 153 cm³/mol. The maximum atomic E-state index is 14.7. The number of rotatable bonds is 8. The van der Waals surface area contributed by atoms with Gasteiger partial charge in [-0.05, 0) is 130 Å². The van der Waals surface area contributed by atoms with Crippen molar-refractivity contribution in [1.29, 1.82) is 0 Å². The molecule has 0 aromatic heterocycles. The number of aryl methyl sites for hydroxylation is 1. The molecule has 1 atom stereocenters. The van der Waals surface area contributed by atoms with Crippen LogP contribution in [0.15, 0.2) is 30.3 Å². The van der Waals surface area contributed by atoms with Crippen LogP contribution in [-0.4, -0.2) is 6.61 Å². The molecule has 5 heteroatoms. The lowest BCUT2D eigenvalue weighted by Crippen LogP contribution is -2.24. The first-order valence-corrected chi connectivity index (χ1v) is 15.6. The lowest BCUT2D eigenvalue weighted by atomic mass is 9.69. The molecule has 3 aliphatic carbocycles. The Labute approximate surface area is 237 Å². The Bertz CT molecular complexity index is 1190. The van der Waals surface area contributed by atoms with E-state index >= 15 is 0 Å². The first-order chi connectivity index (χ1) is 19.4. The topological polar surface area (TPSA) is 9.23 Å². The van der Waals surface area contributed by atoms with Crippen molar-refractivity contribution >= 4 is 5.57 Å². The number of ether oxygens (including phenoxy) is 1. The Hall–Kier alpha value is -2.30. The van der Waals surface area contributed by atoms with Crippen molar-refractivity contribution in [2.45, 2.75) is 103 Å². The van der Waals surface area contributed by atoms with Crippen molar-refractivity contribution in [2.75, 3.05) is 6.61 Å². The summed E-state index contributed by atoms with van der Waals surface area (Å²) in [6.45, 7) is 3.68. The van der Waals surface area contributed by atoms with E-state index in [9.17, 15) is 17.6 Å². The highest BCUT2D eigenvalue weighted by Gasteiger charge is 2.31. The maximum Gasteiger partial charge on any atom is 0.201 e. The standard InChI is InChI=1S/C35H44F4O/c1-3-40-31-21-20-30(34(38)35(31)39)28-17-15-26(16-18-28)25-11-7-23(8-12-25)5-6-24-9-13-27(14-10-24)29-19-4-22(2)32(36)33(29)37/h4,17,19-21,23-27H,3,5-16,18H2,1-2H3. The number of allylic oxidation sites excluding steroid dienone is 2. The SMILES string of the molecule is CCOc1ccc(C2=CCC(C3CCC(CCC4CCC(c5ccc(C)c(F)c5F)CC4)CC3)CC2)c(F)c1F. The van der Waals surface area contributed by atoms with Gasteiger partial charge in [-0.25, -0.2) is 13.2 Å². The molecule has 2 fully saturated rings. The van der Waals surface area contributed by atoms with E-state index < -0.39 is 23.3 Å². The van der Waals surface area contributed by atoms with Crippen LogP contribution in [0.2, 0.25) is 0 Å². The first kappa shape index (κ1) is 29.2. The fourth-order valence-electron chi connectivity index (χ4n) is 7.73. The minimum Gasteiger partial charge on any atom is -0.491 e. The van der Waals surface area contributed by atoms with E-state index in [4.69, 9.17) is 4.74 Å². The molecule has 218 valence electrons. The second-order valence-corrected chi connectivity index (χ2v) is 12.6. The van der Waals surface area contributed by atoms with Crippen LogP contribution in [0.1, 0.15) is 113 Å². The zero-order valence-electron chi connectivity index (χ0n) is 24.1. The molecule has 40 heavy (non-hydrogen) atoms. The Morgan fingerprint density at radius 3 is 2.00 bits per heavy atom. The third-order valence-corrected chi connectivity index (χ3v) is 10.3. The number of hydrogen-bond donors (Lipinski definition) is 0. The Morgan fingerprint density at radius 2 is 1.38 bits per heavy atom. The monoisotopic (exact) mass is 556 g/mol. The summed E-state index contributed by atoms with van der Waals surface area (Å²) >= 11 is 0. The zero-order valence-corrected chi connectivity index (χ0v) is 24.1. The molecule has 0 spiro atoms. The van der Waals surface area contributed by atoms with Gasteiger partial charge < -0.3 is 4.74 Å². The molecule has 2 aromatic rings. The van der Waals surface area contributed by atoms with Crippen molar-refractivity contribution in [3.63, 3.8) is 0 Å². The van der Waals surface area contributed by atoms with Crippen molar-refractivity contribution < 1.29 is 22.3 Å². The van der Waals surface area contributed by atoms with Gasteiger partial charge in [-0.1, -0.05) is 43.9 Å². The van der Waals surface area contributed by atoms with E-state index in [-0.39, 0.29) is 11.7 Å².